The first kappa shape index (κ1) is 16.5. The maximum absolute atomic E-state index is 12.9. The Kier molecular flexibility index (Phi) is 4.59. The predicted octanol–water partition coefficient (Wildman–Crippen LogP) is 3.68. The van der Waals surface area contributed by atoms with E-state index >= 15 is 0 Å². The van der Waals surface area contributed by atoms with Gasteiger partial charge in [0.25, 0.3) is 5.91 Å². The van der Waals surface area contributed by atoms with Crippen molar-refractivity contribution in [3.05, 3.63) is 51.1 Å². The molecule has 3 rings (SSSR count). The first-order valence-corrected chi connectivity index (χ1v) is 8.59. The number of amidine groups is 1. The van der Waals surface area contributed by atoms with E-state index in [0.29, 0.717) is 25.8 Å². The predicted molar refractivity (Wildman–Crippen MR) is 94.1 cm³/mol. The van der Waals surface area contributed by atoms with Gasteiger partial charge in [0.2, 0.25) is 5.13 Å². The molecule has 1 fully saturated rings. The lowest BCUT2D eigenvalue weighted by atomic mass is 10.2. The lowest BCUT2D eigenvalue weighted by molar-refractivity contribution is -0.115. The van der Waals surface area contributed by atoms with E-state index in [0.717, 1.165) is 5.56 Å². The van der Waals surface area contributed by atoms with Gasteiger partial charge in [0.15, 0.2) is 11.0 Å². The van der Waals surface area contributed by atoms with E-state index in [9.17, 15) is 14.0 Å². The molecule has 2 heterocycles. The van der Waals surface area contributed by atoms with Crippen molar-refractivity contribution in [1.82, 2.24) is 10.3 Å². The second-order valence-corrected chi connectivity index (χ2v) is 7.01. The molecule has 1 aliphatic heterocycles. The van der Waals surface area contributed by atoms with Crippen molar-refractivity contribution in [3.8, 4) is 0 Å². The van der Waals surface area contributed by atoms with E-state index in [1.807, 2.05) is 0 Å². The van der Waals surface area contributed by atoms with Gasteiger partial charge < -0.3 is 5.32 Å². The molecule has 0 spiro atoms. The van der Waals surface area contributed by atoms with Gasteiger partial charge in [-0.1, -0.05) is 23.5 Å². The van der Waals surface area contributed by atoms with Gasteiger partial charge in [-0.25, -0.2) is 9.37 Å². The van der Waals surface area contributed by atoms with E-state index in [-0.39, 0.29) is 17.5 Å². The van der Waals surface area contributed by atoms with Crippen LogP contribution in [0.4, 0.5) is 9.52 Å². The molecule has 0 aliphatic carbocycles. The summed E-state index contributed by atoms with van der Waals surface area (Å²) in [6.45, 7) is 3.23. The summed E-state index contributed by atoms with van der Waals surface area (Å²) in [5.74, 6) is -0.664. The molecule has 1 N–H and O–H groups in total. The number of nitrogens with one attached hydrogen (secondary N) is 1. The molecule has 2 aromatic rings. The van der Waals surface area contributed by atoms with Crippen LogP contribution in [0.15, 0.2) is 34.2 Å². The zero-order chi connectivity index (χ0) is 17.3. The van der Waals surface area contributed by atoms with Crippen molar-refractivity contribution in [2.24, 2.45) is 4.99 Å². The summed E-state index contributed by atoms with van der Waals surface area (Å²) < 4.78 is 12.9. The zero-order valence-corrected chi connectivity index (χ0v) is 14.4. The maximum atomic E-state index is 12.9. The van der Waals surface area contributed by atoms with Gasteiger partial charge in [-0.05, 0) is 42.5 Å². The Morgan fingerprint density at radius 3 is 2.67 bits per heavy atom. The number of rotatable bonds is 3. The lowest BCUT2D eigenvalue weighted by Crippen LogP contribution is -2.19. The highest BCUT2D eigenvalue weighted by Gasteiger charge is 2.24. The van der Waals surface area contributed by atoms with Gasteiger partial charge in [0.05, 0.1) is 15.5 Å². The second-order valence-electron chi connectivity index (χ2n) is 5.00. The fraction of sp³-hybridized carbons (Fsp3) is 0.125. The highest BCUT2D eigenvalue weighted by Crippen LogP contribution is 2.31. The number of carbonyl (C=O) groups is 2. The minimum atomic E-state index is -0.330. The molecule has 1 aromatic heterocycles. The minimum absolute atomic E-state index is 0.0588. The monoisotopic (exact) mass is 361 g/mol. The SMILES string of the molecule is CC(=O)c1sc(/N=C2\NC(=O)/C(=C/c3ccc(F)cc3)S2)nc1C. The van der Waals surface area contributed by atoms with Gasteiger partial charge in [-0.2, -0.15) is 4.99 Å². The Hall–Kier alpha value is -2.32. The van der Waals surface area contributed by atoms with Gasteiger partial charge in [0.1, 0.15) is 5.82 Å². The van der Waals surface area contributed by atoms with Crippen molar-refractivity contribution >= 4 is 51.2 Å². The number of hydrogen-bond donors (Lipinski definition) is 1. The Labute approximate surface area is 145 Å². The van der Waals surface area contributed by atoms with E-state index in [1.54, 1.807) is 25.1 Å². The number of hydrogen-bond acceptors (Lipinski definition) is 6. The molecule has 24 heavy (non-hydrogen) atoms. The number of thiazole rings is 1. The Balaban J connectivity index is 1.82. The van der Waals surface area contributed by atoms with Crippen molar-refractivity contribution in [2.75, 3.05) is 0 Å². The summed E-state index contributed by atoms with van der Waals surface area (Å²) in [6, 6.07) is 5.85. The number of Topliss-reactive ketones (excluding diaryl/α,β-unsaturated/α-hetero) is 1. The molecule has 0 unspecified atom stereocenters. The number of aryl methyl sites for hydroxylation is 1. The summed E-state index contributed by atoms with van der Waals surface area (Å²) >= 11 is 2.36. The molecule has 122 valence electrons. The summed E-state index contributed by atoms with van der Waals surface area (Å²) in [6.07, 6.45) is 1.66. The van der Waals surface area contributed by atoms with E-state index in [2.05, 4.69) is 15.3 Å². The van der Waals surface area contributed by atoms with E-state index in [4.69, 9.17) is 0 Å². The van der Waals surface area contributed by atoms with Crippen LogP contribution in [0.1, 0.15) is 27.9 Å². The lowest BCUT2D eigenvalue weighted by Gasteiger charge is -1.94. The number of nitrogens with zero attached hydrogens (tertiary/aromatic N) is 2. The van der Waals surface area contributed by atoms with Gasteiger partial charge in [-0.15, -0.1) is 0 Å². The molecular weight excluding hydrogens is 349 g/mol. The van der Waals surface area contributed by atoms with Crippen LogP contribution in [0.5, 0.6) is 0 Å². The van der Waals surface area contributed by atoms with Gasteiger partial charge in [0, 0.05) is 6.92 Å². The summed E-state index contributed by atoms with van der Waals surface area (Å²) in [7, 11) is 0. The van der Waals surface area contributed by atoms with Gasteiger partial charge in [-0.3, -0.25) is 9.59 Å². The molecule has 0 radical (unpaired) electrons. The normalized spacial score (nSPS) is 17.5. The second kappa shape index (κ2) is 6.66. The Bertz CT molecular complexity index is 885. The van der Waals surface area contributed by atoms with Crippen molar-refractivity contribution in [1.29, 1.82) is 0 Å². The number of aliphatic imine (C=N–C) groups is 1. The van der Waals surface area contributed by atoms with Crippen molar-refractivity contribution in [3.63, 3.8) is 0 Å². The summed E-state index contributed by atoms with van der Waals surface area (Å²) in [5, 5.41) is 3.48. The minimum Gasteiger partial charge on any atom is -0.300 e. The Morgan fingerprint density at radius 2 is 2.04 bits per heavy atom. The number of carbonyl (C=O) groups excluding carboxylic acids is 2. The number of benzene rings is 1. The fourth-order valence-electron chi connectivity index (χ4n) is 2.03. The number of thioether (sulfide) groups is 1. The molecule has 0 saturated carbocycles. The maximum Gasteiger partial charge on any atom is 0.264 e. The largest absolute Gasteiger partial charge is 0.300 e. The highest BCUT2D eigenvalue weighted by atomic mass is 32.2. The Morgan fingerprint density at radius 1 is 1.33 bits per heavy atom. The van der Waals surface area contributed by atoms with Crippen LogP contribution in [0.2, 0.25) is 0 Å². The average molecular weight is 361 g/mol. The van der Waals surface area contributed by atoms with E-state index < -0.39 is 0 Å². The standard InChI is InChI=1S/C16H12FN3O2S2/c1-8-13(9(2)21)24-15(18-8)20-16-19-14(22)12(23-16)7-10-3-5-11(17)6-4-10/h3-7H,1-2H3,(H,18,19,20,22)/b12-7-. The van der Waals surface area contributed by atoms with Crippen LogP contribution >= 0.6 is 23.1 Å². The highest BCUT2D eigenvalue weighted by molar-refractivity contribution is 8.18. The quantitative estimate of drug-likeness (QED) is 0.669. The smallest absolute Gasteiger partial charge is 0.264 e. The molecule has 1 amide bonds. The van der Waals surface area contributed by atoms with Crippen LogP contribution in [-0.4, -0.2) is 21.8 Å². The molecule has 0 atom stereocenters. The molecule has 8 heteroatoms. The molecule has 1 aliphatic rings. The topological polar surface area (TPSA) is 71.4 Å². The molecule has 5 nitrogen and oxygen atoms in total. The number of amides is 1. The van der Waals surface area contributed by atoms with Crippen LogP contribution in [0, 0.1) is 12.7 Å². The van der Waals surface area contributed by atoms with Gasteiger partial charge >= 0.3 is 0 Å². The summed E-state index contributed by atoms with van der Waals surface area (Å²) in [5.41, 5.74) is 1.35. The first-order chi connectivity index (χ1) is 11.4. The third kappa shape index (κ3) is 3.60. The molecule has 1 saturated heterocycles. The first-order valence-electron chi connectivity index (χ1n) is 6.96. The number of aromatic nitrogens is 1. The molecule has 0 bridgehead atoms. The number of halogens is 1. The average Bonchev–Trinajstić information content (AvgIpc) is 3.05. The van der Waals surface area contributed by atoms with Crippen LogP contribution in [0.25, 0.3) is 6.08 Å². The zero-order valence-electron chi connectivity index (χ0n) is 12.8. The summed E-state index contributed by atoms with van der Waals surface area (Å²) in [4.78, 5) is 33.0. The third-order valence-electron chi connectivity index (χ3n) is 3.12. The van der Waals surface area contributed by atoms with Crippen molar-refractivity contribution in [2.45, 2.75) is 13.8 Å². The third-order valence-corrected chi connectivity index (χ3v) is 5.18. The number of ketones is 1. The van der Waals surface area contributed by atoms with Crippen molar-refractivity contribution < 1.29 is 14.0 Å². The van der Waals surface area contributed by atoms with Crippen LogP contribution < -0.4 is 5.32 Å². The van der Waals surface area contributed by atoms with E-state index in [1.165, 1.54) is 42.2 Å². The fourth-order valence-corrected chi connectivity index (χ4v) is 3.75. The molecular formula is C16H12FN3O2S2. The molecule has 1 aromatic carbocycles. The van der Waals surface area contributed by atoms with Crippen LogP contribution in [-0.2, 0) is 4.79 Å². The van der Waals surface area contributed by atoms with Crippen LogP contribution in [0.3, 0.4) is 0 Å².